The molecule has 0 saturated carbocycles. The first-order chi connectivity index (χ1) is 9.37. The molecule has 108 valence electrons. The van der Waals surface area contributed by atoms with Crippen LogP contribution in [0.1, 0.15) is 25.8 Å². The lowest BCUT2D eigenvalue weighted by Crippen LogP contribution is -2.18. The molecule has 6 heteroatoms. The van der Waals surface area contributed by atoms with Crippen LogP contribution < -0.4 is 0 Å². The third-order valence-corrected chi connectivity index (χ3v) is 3.55. The summed E-state index contributed by atoms with van der Waals surface area (Å²) in [5.74, 6) is -3.23. The van der Waals surface area contributed by atoms with Gasteiger partial charge in [0.05, 0.1) is 0 Å². The molecular weight excluding hydrogens is 287 g/mol. The van der Waals surface area contributed by atoms with Gasteiger partial charge in [-0.2, -0.15) is 0 Å². The van der Waals surface area contributed by atoms with Crippen molar-refractivity contribution in [2.24, 2.45) is 5.16 Å². The molecule has 20 heavy (non-hydrogen) atoms. The SMILES string of the molecule is CC1(C)CC(SC/C=C/c2cc(F)c(F)c(F)c2)=NO1. The van der Waals surface area contributed by atoms with Gasteiger partial charge in [-0.05, 0) is 31.5 Å². The molecule has 0 fully saturated rings. The quantitative estimate of drug-likeness (QED) is 0.774. The summed E-state index contributed by atoms with van der Waals surface area (Å²) in [6, 6.07) is 1.91. The van der Waals surface area contributed by atoms with Gasteiger partial charge in [-0.25, -0.2) is 13.2 Å². The number of hydrogen-bond acceptors (Lipinski definition) is 3. The number of oxime groups is 1. The Morgan fingerprint density at radius 1 is 1.30 bits per heavy atom. The van der Waals surface area contributed by atoms with E-state index in [9.17, 15) is 13.2 Å². The first kappa shape index (κ1) is 15.0. The second kappa shape index (κ2) is 5.91. The fourth-order valence-corrected chi connectivity index (χ4v) is 2.60. The van der Waals surface area contributed by atoms with Crippen LogP contribution in [0.15, 0.2) is 23.4 Å². The van der Waals surface area contributed by atoms with E-state index in [2.05, 4.69) is 5.16 Å². The monoisotopic (exact) mass is 301 g/mol. The van der Waals surface area contributed by atoms with Crippen LogP contribution in [-0.2, 0) is 4.84 Å². The maximum atomic E-state index is 13.0. The average Bonchev–Trinajstić information content (AvgIpc) is 2.71. The van der Waals surface area contributed by atoms with E-state index in [4.69, 9.17) is 4.84 Å². The van der Waals surface area contributed by atoms with Crippen LogP contribution >= 0.6 is 11.8 Å². The Kier molecular flexibility index (Phi) is 4.42. The molecule has 0 N–H and O–H groups in total. The van der Waals surface area contributed by atoms with Gasteiger partial charge in [0.2, 0.25) is 0 Å². The van der Waals surface area contributed by atoms with Gasteiger partial charge in [0, 0.05) is 12.2 Å². The highest BCUT2D eigenvalue weighted by Gasteiger charge is 2.28. The summed E-state index contributed by atoms with van der Waals surface area (Å²) in [6.07, 6.45) is 4.02. The standard InChI is InChI=1S/C14H14F3NOS/c1-14(2)8-12(18-19-14)20-5-3-4-9-6-10(15)13(17)11(16)7-9/h3-4,6-7H,5,8H2,1-2H3/b4-3+. The predicted octanol–water partition coefficient (Wildman–Crippen LogP) is 4.36. The van der Waals surface area contributed by atoms with Crippen LogP contribution in [0.2, 0.25) is 0 Å². The number of benzene rings is 1. The molecular formula is C14H14F3NOS. The lowest BCUT2D eigenvalue weighted by molar-refractivity contribution is 0.0123. The van der Waals surface area contributed by atoms with Crippen molar-refractivity contribution in [3.05, 3.63) is 41.2 Å². The van der Waals surface area contributed by atoms with Crippen molar-refractivity contribution in [1.82, 2.24) is 0 Å². The Bertz CT molecular complexity index is 547. The smallest absolute Gasteiger partial charge is 0.194 e. The zero-order valence-electron chi connectivity index (χ0n) is 11.1. The van der Waals surface area contributed by atoms with Crippen LogP contribution in [0.5, 0.6) is 0 Å². The van der Waals surface area contributed by atoms with Crippen molar-refractivity contribution < 1.29 is 18.0 Å². The Balaban J connectivity index is 1.89. The predicted molar refractivity (Wildman–Crippen MR) is 75.0 cm³/mol. The number of rotatable bonds is 3. The summed E-state index contributed by atoms with van der Waals surface area (Å²) >= 11 is 1.49. The molecule has 1 aliphatic heterocycles. The summed E-state index contributed by atoms with van der Waals surface area (Å²) in [7, 11) is 0. The number of hydrogen-bond donors (Lipinski definition) is 0. The highest BCUT2D eigenvalue weighted by molar-refractivity contribution is 8.14. The van der Waals surface area contributed by atoms with E-state index in [-0.39, 0.29) is 11.2 Å². The molecule has 1 heterocycles. The normalized spacial score (nSPS) is 17.4. The number of thioether (sulfide) groups is 1. The van der Waals surface area contributed by atoms with Crippen molar-refractivity contribution in [3.63, 3.8) is 0 Å². The average molecular weight is 301 g/mol. The fourth-order valence-electron chi connectivity index (χ4n) is 1.68. The van der Waals surface area contributed by atoms with Crippen LogP contribution in [0.4, 0.5) is 13.2 Å². The van der Waals surface area contributed by atoms with Crippen LogP contribution in [0.25, 0.3) is 6.08 Å². The van der Waals surface area contributed by atoms with E-state index in [1.54, 1.807) is 12.2 Å². The Morgan fingerprint density at radius 3 is 2.50 bits per heavy atom. The van der Waals surface area contributed by atoms with Gasteiger partial charge in [-0.15, -0.1) is 11.8 Å². The van der Waals surface area contributed by atoms with Crippen molar-refractivity contribution in [1.29, 1.82) is 0 Å². The molecule has 0 spiro atoms. The summed E-state index contributed by atoms with van der Waals surface area (Å²) < 4.78 is 38.7. The Morgan fingerprint density at radius 2 is 1.95 bits per heavy atom. The first-order valence-corrected chi connectivity index (χ1v) is 7.05. The van der Waals surface area contributed by atoms with Crippen LogP contribution in [0.3, 0.4) is 0 Å². The van der Waals surface area contributed by atoms with Gasteiger partial charge < -0.3 is 4.84 Å². The fraction of sp³-hybridized carbons (Fsp3) is 0.357. The summed E-state index contributed by atoms with van der Waals surface area (Å²) in [5, 5.41) is 4.83. The lowest BCUT2D eigenvalue weighted by atomic mass is 10.1. The van der Waals surface area contributed by atoms with Gasteiger partial charge in [0.1, 0.15) is 10.6 Å². The van der Waals surface area contributed by atoms with Gasteiger partial charge in [0.15, 0.2) is 17.5 Å². The van der Waals surface area contributed by atoms with E-state index in [0.717, 1.165) is 23.6 Å². The van der Waals surface area contributed by atoms with E-state index in [1.165, 1.54) is 11.8 Å². The van der Waals surface area contributed by atoms with E-state index in [1.807, 2.05) is 13.8 Å². The summed E-state index contributed by atoms with van der Waals surface area (Å²) in [4.78, 5) is 5.22. The maximum absolute atomic E-state index is 13.0. The van der Waals surface area contributed by atoms with E-state index >= 15 is 0 Å². The third kappa shape index (κ3) is 3.79. The van der Waals surface area contributed by atoms with Crippen molar-refractivity contribution in [2.45, 2.75) is 25.9 Å². The molecule has 1 aromatic carbocycles. The molecule has 0 aliphatic carbocycles. The molecule has 0 radical (unpaired) electrons. The zero-order chi connectivity index (χ0) is 14.8. The summed E-state index contributed by atoms with van der Waals surface area (Å²) in [6.45, 7) is 3.90. The van der Waals surface area contributed by atoms with Crippen LogP contribution in [0, 0.1) is 17.5 Å². The molecule has 1 aromatic rings. The molecule has 0 unspecified atom stereocenters. The summed E-state index contributed by atoms with van der Waals surface area (Å²) in [5.41, 5.74) is 0.0156. The van der Waals surface area contributed by atoms with Crippen molar-refractivity contribution in [2.75, 3.05) is 5.75 Å². The van der Waals surface area contributed by atoms with Gasteiger partial charge in [-0.1, -0.05) is 17.3 Å². The van der Waals surface area contributed by atoms with Gasteiger partial charge >= 0.3 is 0 Å². The number of halogens is 3. The van der Waals surface area contributed by atoms with E-state index in [0.29, 0.717) is 5.75 Å². The minimum absolute atomic E-state index is 0.269. The highest BCUT2D eigenvalue weighted by Crippen LogP contribution is 2.27. The largest absolute Gasteiger partial charge is 0.389 e. The minimum atomic E-state index is -1.45. The molecule has 0 bridgehead atoms. The van der Waals surface area contributed by atoms with Crippen molar-refractivity contribution in [3.8, 4) is 0 Å². The molecule has 2 nitrogen and oxygen atoms in total. The van der Waals surface area contributed by atoms with E-state index < -0.39 is 17.5 Å². The van der Waals surface area contributed by atoms with Gasteiger partial charge in [0.25, 0.3) is 0 Å². The second-order valence-corrected chi connectivity index (χ2v) is 6.12. The topological polar surface area (TPSA) is 21.6 Å². The molecule has 1 aliphatic rings. The molecule has 0 aromatic heterocycles. The highest BCUT2D eigenvalue weighted by atomic mass is 32.2. The van der Waals surface area contributed by atoms with Gasteiger partial charge in [-0.3, -0.25) is 0 Å². The minimum Gasteiger partial charge on any atom is -0.389 e. The van der Waals surface area contributed by atoms with Crippen molar-refractivity contribution >= 4 is 22.9 Å². The third-order valence-electron chi connectivity index (χ3n) is 2.63. The maximum Gasteiger partial charge on any atom is 0.194 e. The Hall–Kier alpha value is -1.43. The zero-order valence-corrected chi connectivity index (χ0v) is 11.9. The van der Waals surface area contributed by atoms with Crippen LogP contribution in [-0.4, -0.2) is 16.4 Å². The number of nitrogens with zero attached hydrogens (tertiary/aromatic N) is 1. The molecule has 0 atom stereocenters. The lowest BCUT2D eigenvalue weighted by Gasteiger charge is -2.12. The molecule has 2 rings (SSSR count). The first-order valence-electron chi connectivity index (χ1n) is 6.06. The second-order valence-electron chi connectivity index (χ2n) is 5.02. The Labute approximate surface area is 119 Å². The molecule has 0 saturated heterocycles. The molecule has 0 amide bonds.